The molecule has 0 spiro atoms. The van der Waals surface area contributed by atoms with Crippen LogP contribution in [0.15, 0.2) is 0 Å². The lowest BCUT2D eigenvalue weighted by Gasteiger charge is -2.37. The fraction of sp³-hybridized carbons (Fsp3) is 0.833. The standard InChI is InChI=1S/C12H18N2O2/c1-10-8-16-7-6-14(10)11(15)12(9-13)4-2-3-5-12/h10H,2-8H2,1H3/t10-/m1/s1. The molecule has 2 fully saturated rings. The fourth-order valence-corrected chi connectivity index (χ4v) is 2.66. The van der Waals surface area contributed by atoms with E-state index >= 15 is 0 Å². The van der Waals surface area contributed by atoms with Crippen molar-refractivity contribution in [3.05, 3.63) is 0 Å². The minimum atomic E-state index is -0.731. The Bertz CT molecular complexity index is 315. The van der Waals surface area contributed by atoms with E-state index in [0.717, 1.165) is 25.7 Å². The highest BCUT2D eigenvalue weighted by Crippen LogP contribution is 2.39. The molecule has 1 aliphatic carbocycles. The van der Waals surface area contributed by atoms with Gasteiger partial charge in [-0.2, -0.15) is 5.26 Å². The predicted octanol–water partition coefficient (Wildman–Crippen LogP) is 1.32. The van der Waals surface area contributed by atoms with Crippen LogP contribution in [-0.4, -0.2) is 36.6 Å². The Morgan fingerprint density at radius 3 is 2.75 bits per heavy atom. The molecule has 1 saturated carbocycles. The number of hydrogen-bond acceptors (Lipinski definition) is 3. The molecule has 2 rings (SSSR count). The molecule has 16 heavy (non-hydrogen) atoms. The summed E-state index contributed by atoms with van der Waals surface area (Å²) >= 11 is 0. The van der Waals surface area contributed by atoms with Crippen molar-refractivity contribution in [3.8, 4) is 6.07 Å². The SMILES string of the molecule is C[C@@H]1COCCN1C(=O)C1(C#N)CCCC1. The number of amides is 1. The van der Waals surface area contributed by atoms with E-state index in [0.29, 0.717) is 19.8 Å². The lowest BCUT2D eigenvalue weighted by Crippen LogP contribution is -2.52. The second kappa shape index (κ2) is 4.42. The number of hydrogen-bond donors (Lipinski definition) is 0. The van der Waals surface area contributed by atoms with Gasteiger partial charge in [0.05, 0.1) is 25.3 Å². The highest BCUT2D eigenvalue weighted by atomic mass is 16.5. The lowest BCUT2D eigenvalue weighted by molar-refractivity contribution is -0.146. The number of nitriles is 1. The van der Waals surface area contributed by atoms with Gasteiger partial charge in [0, 0.05) is 6.54 Å². The number of carbonyl (C=O) groups is 1. The highest BCUT2D eigenvalue weighted by Gasteiger charge is 2.45. The largest absolute Gasteiger partial charge is 0.377 e. The first-order chi connectivity index (χ1) is 7.69. The van der Waals surface area contributed by atoms with Gasteiger partial charge in [-0.25, -0.2) is 0 Å². The van der Waals surface area contributed by atoms with Crippen LogP contribution in [0.5, 0.6) is 0 Å². The average Bonchev–Trinajstić information content (AvgIpc) is 2.78. The van der Waals surface area contributed by atoms with E-state index in [4.69, 9.17) is 4.74 Å². The van der Waals surface area contributed by atoms with Gasteiger partial charge in [0.25, 0.3) is 0 Å². The molecule has 0 N–H and O–H groups in total. The normalized spacial score (nSPS) is 28.8. The van der Waals surface area contributed by atoms with Gasteiger partial charge in [0.1, 0.15) is 5.41 Å². The molecule has 1 saturated heterocycles. The summed E-state index contributed by atoms with van der Waals surface area (Å²) in [5, 5.41) is 9.28. The molecule has 0 aromatic carbocycles. The Kier molecular flexibility index (Phi) is 3.15. The van der Waals surface area contributed by atoms with Gasteiger partial charge in [-0.05, 0) is 19.8 Å². The number of ether oxygens (including phenoxy) is 1. The Hall–Kier alpha value is -1.08. The van der Waals surface area contributed by atoms with E-state index in [1.807, 2.05) is 11.8 Å². The van der Waals surface area contributed by atoms with Crippen LogP contribution in [0.3, 0.4) is 0 Å². The van der Waals surface area contributed by atoms with Crippen LogP contribution in [-0.2, 0) is 9.53 Å². The second-order valence-electron chi connectivity index (χ2n) is 4.82. The van der Waals surface area contributed by atoms with Crippen molar-refractivity contribution in [2.45, 2.75) is 38.6 Å². The van der Waals surface area contributed by atoms with Crippen LogP contribution in [0.2, 0.25) is 0 Å². The number of morpholine rings is 1. The van der Waals surface area contributed by atoms with Crippen molar-refractivity contribution in [3.63, 3.8) is 0 Å². The molecule has 4 nitrogen and oxygen atoms in total. The molecule has 0 aromatic rings. The van der Waals surface area contributed by atoms with Gasteiger partial charge in [0.2, 0.25) is 5.91 Å². The first kappa shape index (κ1) is 11.4. The van der Waals surface area contributed by atoms with Crippen LogP contribution >= 0.6 is 0 Å². The van der Waals surface area contributed by atoms with Crippen LogP contribution in [0.1, 0.15) is 32.6 Å². The summed E-state index contributed by atoms with van der Waals surface area (Å²) in [6.45, 7) is 3.80. The zero-order valence-electron chi connectivity index (χ0n) is 9.74. The Morgan fingerprint density at radius 2 is 2.19 bits per heavy atom. The van der Waals surface area contributed by atoms with Crippen molar-refractivity contribution in [1.29, 1.82) is 5.26 Å². The zero-order valence-corrected chi connectivity index (χ0v) is 9.74. The van der Waals surface area contributed by atoms with Crippen LogP contribution < -0.4 is 0 Å². The van der Waals surface area contributed by atoms with Crippen LogP contribution in [0, 0.1) is 16.7 Å². The van der Waals surface area contributed by atoms with Crippen molar-refractivity contribution >= 4 is 5.91 Å². The summed E-state index contributed by atoms with van der Waals surface area (Å²) in [5.41, 5.74) is -0.731. The van der Waals surface area contributed by atoms with Gasteiger partial charge < -0.3 is 9.64 Å². The molecule has 0 aromatic heterocycles. The second-order valence-corrected chi connectivity index (χ2v) is 4.82. The summed E-state index contributed by atoms with van der Waals surface area (Å²) < 4.78 is 5.31. The van der Waals surface area contributed by atoms with Crippen molar-refractivity contribution < 1.29 is 9.53 Å². The van der Waals surface area contributed by atoms with E-state index in [-0.39, 0.29) is 11.9 Å². The van der Waals surface area contributed by atoms with E-state index < -0.39 is 5.41 Å². The molecule has 2 aliphatic rings. The maximum Gasteiger partial charge on any atom is 0.243 e. The third kappa shape index (κ3) is 1.80. The number of nitrogens with zero attached hydrogens (tertiary/aromatic N) is 2. The predicted molar refractivity (Wildman–Crippen MR) is 58.5 cm³/mol. The molecule has 0 unspecified atom stereocenters. The summed E-state index contributed by atoms with van der Waals surface area (Å²) in [4.78, 5) is 14.2. The van der Waals surface area contributed by atoms with Crippen molar-refractivity contribution in [2.24, 2.45) is 5.41 Å². The monoisotopic (exact) mass is 222 g/mol. The molecular formula is C12H18N2O2. The first-order valence-corrected chi connectivity index (χ1v) is 6.00. The van der Waals surface area contributed by atoms with Crippen molar-refractivity contribution in [1.82, 2.24) is 4.90 Å². The zero-order chi connectivity index (χ0) is 11.6. The minimum absolute atomic E-state index is 0.0308. The van der Waals surface area contributed by atoms with E-state index in [1.165, 1.54) is 0 Å². The molecule has 1 heterocycles. The van der Waals surface area contributed by atoms with Crippen LogP contribution in [0.25, 0.3) is 0 Å². The number of carbonyl (C=O) groups excluding carboxylic acids is 1. The Balaban J connectivity index is 2.14. The maximum atomic E-state index is 12.4. The van der Waals surface area contributed by atoms with Gasteiger partial charge in [-0.1, -0.05) is 12.8 Å². The summed E-state index contributed by atoms with van der Waals surface area (Å²) in [6.07, 6.45) is 3.45. The van der Waals surface area contributed by atoms with Gasteiger partial charge in [0.15, 0.2) is 0 Å². The van der Waals surface area contributed by atoms with Gasteiger partial charge >= 0.3 is 0 Å². The molecule has 1 aliphatic heterocycles. The van der Waals surface area contributed by atoms with E-state index in [1.54, 1.807) is 0 Å². The third-order valence-corrected chi connectivity index (χ3v) is 3.71. The molecule has 1 atom stereocenters. The first-order valence-electron chi connectivity index (χ1n) is 6.00. The smallest absolute Gasteiger partial charge is 0.243 e. The van der Waals surface area contributed by atoms with E-state index in [9.17, 15) is 10.1 Å². The lowest BCUT2D eigenvalue weighted by atomic mass is 9.86. The summed E-state index contributed by atoms with van der Waals surface area (Å²) in [5.74, 6) is 0.0308. The average molecular weight is 222 g/mol. The summed E-state index contributed by atoms with van der Waals surface area (Å²) in [7, 11) is 0. The van der Waals surface area contributed by atoms with Crippen molar-refractivity contribution in [2.75, 3.05) is 19.8 Å². The quantitative estimate of drug-likeness (QED) is 0.672. The maximum absolute atomic E-state index is 12.4. The molecule has 88 valence electrons. The fourth-order valence-electron chi connectivity index (χ4n) is 2.66. The van der Waals surface area contributed by atoms with Gasteiger partial charge in [-0.15, -0.1) is 0 Å². The molecule has 1 amide bonds. The molecule has 4 heteroatoms. The molecule has 0 bridgehead atoms. The molecular weight excluding hydrogens is 204 g/mol. The highest BCUT2D eigenvalue weighted by molar-refractivity contribution is 5.86. The van der Waals surface area contributed by atoms with Crippen LogP contribution in [0.4, 0.5) is 0 Å². The Morgan fingerprint density at radius 1 is 1.50 bits per heavy atom. The number of rotatable bonds is 1. The minimum Gasteiger partial charge on any atom is -0.377 e. The summed E-state index contributed by atoms with van der Waals surface area (Å²) in [6, 6.07) is 2.37. The van der Waals surface area contributed by atoms with E-state index in [2.05, 4.69) is 6.07 Å². The topological polar surface area (TPSA) is 53.3 Å². The molecule has 0 radical (unpaired) electrons. The Labute approximate surface area is 96.2 Å². The van der Waals surface area contributed by atoms with Gasteiger partial charge in [-0.3, -0.25) is 4.79 Å². The third-order valence-electron chi connectivity index (χ3n) is 3.71.